The van der Waals surface area contributed by atoms with E-state index in [-0.39, 0.29) is 5.97 Å². The molecule has 0 spiro atoms. The van der Waals surface area contributed by atoms with Gasteiger partial charge in [-0.1, -0.05) is 40.2 Å². The van der Waals surface area contributed by atoms with E-state index >= 15 is 0 Å². The van der Waals surface area contributed by atoms with Crippen molar-refractivity contribution < 1.29 is 9.53 Å². The molecule has 0 amide bonds. The maximum Gasteiger partial charge on any atom is 0.327 e. The number of nitrogens with one attached hydrogen (secondary N) is 1. The molecule has 0 fully saturated rings. The molecule has 21 heavy (non-hydrogen) atoms. The normalized spacial score (nSPS) is 12.0. The zero-order valence-corrected chi connectivity index (χ0v) is 13.6. The molecular formula is C16H17BrN2O2. The van der Waals surface area contributed by atoms with Crippen LogP contribution in [0.5, 0.6) is 0 Å². The van der Waals surface area contributed by atoms with Crippen molar-refractivity contribution in [3.63, 3.8) is 0 Å². The lowest BCUT2D eigenvalue weighted by Gasteiger charge is -2.17. The number of ether oxygens (including phenoxy) is 1. The lowest BCUT2D eigenvalue weighted by Crippen LogP contribution is -2.29. The SMILES string of the molecule is COC(=O)[C@@H](NCc1cccc(C)c1Br)c1cccnc1. The minimum atomic E-state index is -0.531. The number of nitrogens with zero attached hydrogens (tertiary/aromatic N) is 1. The number of carbonyl (C=O) groups is 1. The van der Waals surface area contributed by atoms with Crippen LogP contribution in [0.1, 0.15) is 22.7 Å². The molecule has 0 saturated carbocycles. The molecule has 0 unspecified atom stereocenters. The topological polar surface area (TPSA) is 51.2 Å². The number of esters is 1. The highest BCUT2D eigenvalue weighted by atomic mass is 79.9. The van der Waals surface area contributed by atoms with Crippen LogP contribution < -0.4 is 5.32 Å². The van der Waals surface area contributed by atoms with Gasteiger partial charge in [0.05, 0.1) is 7.11 Å². The standard InChI is InChI=1S/C16H17BrN2O2/c1-11-5-3-6-12(14(11)17)10-19-15(16(20)21-2)13-7-4-8-18-9-13/h3-9,15,19H,10H2,1-2H3/t15-/m0/s1. The van der Waals surface area contributed by atoms with Gasteiger partial charge in [0.15, 0.2) is 0 Å². The lowest BCUT2D eigenvalue weighted by atomic mass is 10.1. The number of pyridine rings is 1. The summed E-state index contributed by atoms with van der Waals surface area (Å²) in [7, 11) is 1.38. The van der Waals surface area contributed by atoms with Crippen LogP contribution in [0.2, 0.25) is 0 Å². The molecule has 0 aliphatic carbocycles. The van der Waals surface area contributed by atoms with E-state index in [9.17, 15) is 4.79 Å². The number of aromatic nitrogens is 1. The van der Waals surface area contributed by atoms with Crippen molar-refractivity contribution in [2.24, 2.45) is 0 Å². The number of rotatable bonds is 5. The molecule has 2 rings (SSSR count). The summed E-state index contributed by atoms with van der Waals surface area (Å²) < 4.78 is 5.92. The third-order valence-corrected chi connectivity index (χ3v) is 4.36. The predicted octanol–water partition coefficient (Wildman–Crippen LogP) is 3.16. The van der Waals surface area contributed by atoms with Gasteiger partial charge in [0.1, 0.15) is 6.04 Å². The van der Waals surface area contributed by atoms with Crippen LogP contribution in [0.15, 0.2) is 47.2 Å². The molecule has 110 valence electrons. The maximum absolute atomic E-state index is 12.0. The number of benzene rings is 1. The minimum absolute atomic E-state index is 0.327. The predicted molar refractivity (Wildman–Crippen MR) is 84.7 cm³/mol. The highest BCUT2D eigenvalue weighted by molar-refractivity contribution is 9.10. The monoisotopic (exact) mass is 348 g/mol. The van der Waals surface area contributed by atoms with E-state index in [0.29, 0.717) is 6.54 Å². The van der Waals surface area contributed by atoms with E-state index in [1.807, 2.05) is 31.2 Å². The summed E-state index contributed by atoms with van der Waals surface area (Å²) in [6.45, 7) is 2.59. The van der Waals surface area contributed by atoms with Crippen molar-refractivity contribution in [1.29, 1.82) is 0 Å². The fourth-order valence-corrected chi connectivity index (χ4v) is 2.46. The summed E-state index contributed by atoms with van der Waals surface area (Å²) in [5.41, 5.74) is 3.03. The number of carbonyl (C=O) groups excluding carboxylic acids is 1. The lowest BCUT2D eigenvalue weighted by molar-refractivity contribution is -0.143. The first-order valence-electron chi connectivity index (χ1n) is 6.58. The molecule has 2 aromatic rings. The molecule has 1 N–H and O–H groups in total. The Morgan fingerprint density at radius 3 is 2.86 bits per heavy atom. The quantitative estimate of drug-likeness (QED) is 0.843. The summed E-state index contributed by atoms with van der Waals surface area (Å²) in [6, 6.07) is 9.17. The number of methoxy groups -OCH3 is 1. The van der Waals surface area contributed by atoms with Gasteiger partial charge in [0, 0.05) is 23.4 Å². The number of halogens is 1. The minimum Gasteiger partial charge on any atom is -0.468 e. The van der Waals surface area contributed by atoms with Gasteiger partial charge in [-0.3, -0.25) is 10.3 Å². The Morgan fingerprint density at radius 2 is 2.19 bits per heavy atom. The van der Waals surface area contributed by atoms with Crippen molar-refractivity contribution in [3.05, 3.63) is 63.9 Å². The van der Waals surface area contributed by atoms with E-state index in [4.69, 9.17) is 4.74 Å². The second-order valence-electron chi connectivity index (χ2n) is 4.67. The molecule has 0 radical (unpaired) electrons. The fourth-order valence-electron chi connectivity index (χ4n) is 2.06. The van der Waals surface area contributed by atoms with Crippen LogP contribution in [-0.2, 0) is 16.1 Å². The van der Waals surface area contributed by atoms with E-state index in [0.717, 1.165) is 21.2 Å². The Labute approximate surface area is 132 Å². The molecule has 1 aromatic heterocycles. The van der Waals surface area contributed by atoms with Gasteiger partial charge >= 0.3 is 5.97 Å². The van der Waals surface area contributed by atoms with Crippen LogP contribution in [0.4, 0.5) is 0 Å². The summed E-state index contributed by atoms with van der Waals surface area (Å²) in [6.07, 6.45) is 3.34. The second-order valence-corrected chi connectivity index (χ2v) is 5.46. The molecular weight excluding hydrogens is 332 g/mol. The Bertz CT molecular complexity index is 617. The van der Waals surface area contributed by atoms with E-state index in [1.54, 1.807) is 18.5 Å². The number of hydrogen-bond acceptors (Lipinski definition) is 4. The molecule has 1 atom stereocenters. The van der Waals surface area contributed by atoms with Crippen LogP contribution in [0.25, 0.3) is 0 Å². The Morgan fingerprint density at radius 1 is 1.38 bits per heavy atom. The molecule has 0 saturated heterocycles. The van der Waals surface area contributed by atoms with Crippen LogP contribution >= 0.6 is 15.9 Å². The van der Waals surface area contributed by atoms with Gasteiger partial charge in [-0.25, -0.2) is 4.79 Å². The second kappa shape index (κ2) is 7.33. The highest BCUT2D eigenvalue weighted by Crippen LogP contribution is 2.22. The Hall–Kier alpha value is -1.72. The first-order chi connectivity index (χ1) is 10.1. The highest BCUT2D eigenvalue weighted by Gasteiger charge is 2.21. The molecule has 0 aliphatic rings. The molecule has 1 heterocycles. The third-order valence-electron chi connectivity index (χ3n) is 3.22. The van der Waals surface area contributed by atoms with Gasteiger partial charge in [-0.15, -0.1) is 0 Å². The van der Waals surface area contributed by atoms with E-state index in [2.05, 4.69) is 26.2 Å². The van der Waals surface area contributed by atoms with Gasteiger partial charge in [0.2, 0.25) is 0 Å². The van der Waals surface area contributed by atoms with Crippen LogP contribution in [0.3, 0.4) is 0 Å². The molecule has 0 aliphatic heterocycles. The van der Waals surface area contributed by atoms with Gasteiger partial charge in [0.25, 0.3) is 0 Å². The zero-order valence-electron chi connectivity index (χ0n) is 12.0. The van der Waals surface area contributed by atoms with Crippen LogP contribution in [-0.4, -0.2) is 18.1 Å². The zero-order chi connectivity index (χ0) is 15.2. The summed E-state index contributed by atoms with van der Waals surface area (Å²) >= 11 is 3.57. The van der Waals surface area contributed by atoms with E-state index < -0.39 is 6.04 Å². The molecule has 0 bridgehead atoms. The summed E-state index contributed by atoms with van der Waals surface area (Å²) in [5.74, 6) is -0.327. The van der Waals surface area contributed by atoms with Gasteiger partial charge in [-0.05, 0) is 29.7 Å². The smallest absolute Gasteiger partial charge is 0.327 e. The van der Waals surface area contributed by atoms with Crippen molar-refractivity contribution in [1.82, 2.24) is 10.3 Å². The average Bonchev–Trinajstić information content (AvgIpc) is 2.52. The Balaban J connectivity index is 2.17. The number of aryl methyl sites for hydroxylation is 1. The van der Waals surface area contributed by atoms with Crippen molar-refractivity contribution in [2.45, 2.75) is 19.5 Å². The van der Waals surface area contributed by atoms with Gasteiger partial charge in [-0.2, -0.15) is 0 Å². The van der Waals surface area contributed by atoms with Crippen molar-refractivity contribution in [3.8, 4) is 0 Å². The van der Waals surface area contributed by atoms with E-state index in [1.165, 1.54) is 7.11 Å². The fraction of sp³-hybridized carbons (Fsp3) is 0.250. The Kier molecular flexibility index (Phi) is 5.47. The van der Waals surface area contributed by atoms with Gasteiger partial charge < -0.3 is 4.74 Å². The maximum atomic E-state index is 12.0. The largest absolute Gasteiger partial charge is 0.468 e. The molecule has 4 nitrogen and oxygen atoms in total. The molecule has 5 heteroatoms. The first-order valence-corrected chi connectivity index (χ1v) is 7.38. The van der Waals surface area contributed by atoms with Crippen molar-refractivity contribution in [2.75, 3.05) is 7.11 Å². The average molecular weight is 349 g/mol. The molecule has 1 aromatic carbocycles. The summed E-state index contributed by atoms with van der Waals surface area (Å²) in [4.78, 5) is 16.0. The summed E-state index contributed by atoms with van der Waals surface area (Å²) in [5, 5.41) is 3.23. The number of hydrogen-bond donors (Lipinski definition) is 1. The van der Waals surface area contributed by atoms with Crippen LogP contribution in [0, 0.1) is 6.92 Å². The third kappa shape index (κ3) is 3.89. The first kappa shape index (κ1) is 15.7. The van der Waals surface area contributed by atoms with Crippen molar-refractivity contribution >= 4 is 21.9 Å².